The van der Waals surface area contributed by atoms with Crippen LogP contribution in [-0.2, 0) is 4.79 Å². The fourth-order valence-corrected chi connectivity index (χ4v) is 2.22. The predicted molar refractivity (Wildman–Crippen MR) is 51.1 cm³/mol. The van der Waals surface area contributed by atoms with Gasteiger partial charge in [0.1, 0.15) is 0 Å². The number of hydrogen-bond donors (Lipinski definition) is 1. The van der Waals surface area contributed by atoms with E-state index in [4.69, 9.17) is 0 Å². The minimum Gasteiger partial charge on any atom is -0.325 e. The van der Waals surface area contributed by atoms with Crippen molar-refractivity contribution in [3.63, 3.8) is 0 Å². The highest BCUT2D eigenvalue weighted by molar-refractivity contribution is 5.83. The number of rotatable bonds is 3. The van der Waals surface area contributed by atoms with Gasteiger partial charge in [-0.15, -0.1) is 0 Å². The Hall–Kier alpha value is -0.570. The molecule has 0 aromatic carbocycles. The lowest BCUT2D eigenvalue weighted by Gasteiger charge is -2.14. The molecule has 1 amide bonds. The van der Waals surface area contributed by atoms with Crippen molar-refractivity contribution in [2.24, 2.45) is 5.92 Å². The number of nitrogens with zero attached hydrogens (tertiary/aromatic N) is 1. The van der Waals surface area contributed by atoms with Gasteiger partial charge in [-0.1, -0.05) is 13.3 Å². The first kappa shape index (κ1) is 9.00. The highest BCUT2D eigenvalue weighted by Crippen LogP contribution is 2.40. The van der Waals surface area contributed by atoms with Gasteiger partial charge in [0.25, 0.3) is 0 Å². The van der Waals surface area contributed by atoms with Crippen LogP contribution in [0.15, 0.2) is 0 Å². The summed E-state index contributed by atoms with van der Waals surface area (Å²) in [7, 11) is 0. The Morgan fingerprint density at radius 2 is 2.38 bits per heavy atom. The summed E-state index contributed by atoms with van der Waals surface area (Å²) in [6, 6.07) is 0.604. The van der Waals surface area contributed by atoms with E-state index in [9.17, 15) is 4.79 Å². The largest absolute Gasteiger partial charge is 0.325 e. The van der Waals surface area contributed by atoms with Crippen LogP contribution < -0.4 is 5.32 Å². The van der Waals surface area contributed by atoms with Gasteiger partial charge in [0, 0.05) is 6.04 Å². The summed E-state index contributed by atoms with van der Waals surface area (Å²) in [6.45, 7) is 4.92. The lowest BCUT2D eigenvalue weighted by atomic mass is 10.2. The predicted octanol–water partition coefficient (Wildman–Crippen LogP) is 0.953. The third-order valence-corrected chi connectivity index (χ3v) is 3.17. The molecule has 1 N–H and O–H groups in total. The first-order valence-corrected chi connectivity index (χ1v) is 5.28. The van der Waals surface area contributed by atoms with E-state index in [1.165, 1.54) is 19.3 Å². The number of carbonyl (C=O) groups is 1. The Bertz CT molecular complexity index is 217. The number of nitrogens with one attached hydrogen (secondary N) is 1. The molecule has 3 unspecified atom stereocenters. The molecule has 0 bridgehead atoms. The zero-order valence-corrected chi connectivity index (χ0v) is 8.42. The Labute approximate surface area is 79.5 Å². The Morgan fingerprint density at radius 1 is 1.62 bits per heavy atom. The van der Waals surface area contributed by atoms with Crippen LogP contribution in [0.5, 0.6) is 0 Å². The second-order valence-corrected chi connectivity index (χ2v) is 4.24. The highest BCUT2D eigenvalue weighted by atomic mass is 16.2. The van der Waals surface area contributed by atoms with Crippen LogP contribution in [0, 0.1) is 5.92 Å². The topological polar surface area (TPSA) is 32.3 Å². The SMILES string of the molecule is CCCC1CC1N1CNC(C)C1=O. The summed E-state index contributed by atoms with van der Waals surface area (Å²) in [5.41, 5.74) is 0. The zero-order valence-electron chi connectivity index (χ0n) is 8.42. The van der Waals surface area contributed by atoms with Crippen molar-refractivity contribution in [3.8, 4) is 0 Å². The minimum atomic E-state index is 0.0443. The van der Waals surface area contributed by atoms with E-state index in [-0.39, 0.29) is 6.04 Å². The van der Waals surface area contributed by atoms with Gasteiger partial charge in [-0.25, -0.2) is 0 Å². The van der Waals surface area contributed by atoms with E-state index in [0.29, 0.717) is 11.9 Å². The van der Waals surface area contributed by atoms with E-state index >= 15 is 0 Å². The van der Waals surface area contributed by atoms with Gasteiger partial charge in [0.05, 0.1) is 12.7 Å². The van der Waals surface area contributed by atoms with Crippen molar-refractivity contribution in [2.45, 2.75) is 45.2 Å². The van der Waals surface area contributed by atoms with Crippen molar-refractivity contribution in [2.75, 3.05) is 6.67 Å². The van der Waals surface area contributed by atoms with Crippen LogP contribution in [0.25, 0.3) is 0 Å². The molecule has 74 valence electrons. The minimum absolute atomic E-state index is 0.0443. The molecule has 2 fully saturated rings. The highest BCUT2D eigenvalue weighted by Gasteiger charge is 2.45. The van der Waals surface area contributed by atoms with Crippen molar-refractivity contribution in [1.82, 2.24) is 10.2 Å². The van der Waals surface area contributed by atoms with Crippen molar-refractivity contribution < 1.29 is 4.79 Å². The maximum absolute atomic E-state index is 11.6. The molecule has 3 atom stereocenters. The van der Waals surface area contributed by atoms with Gasteiger partial charge >= 0.3 is 0 Å². The molecule has 0 aromatic rings. The van der Waals surface area contributed by atoms with Gasteiger partial charge in [-0.05, 0) is 25.7 Å². The summed E-state index contributed by atoms with van der Waals surface area (Å²) < 4.78 is 0. The Morgan fingerprint density at radius 3 is 2.92 bits per heavy atom. The van der Waals surface area contributed by atoms with Gasteiger partial charge < -0.3 is 4.90 Å². The standard InChI is InChI=1S/C10H18N2O/c1-3-4-8-5-9(8)12-6-11-7(2)10(12)13/h7-9,11H,3-6H2,1-2H3. The average molecular weight is 182 g/mol. The van der Waals surface area contributed by atoms with E-state index < -0.39 is 0 Å². The van der Waals surface area contributed by atoms with Crippen LogP contribution in [-0.4, -0.2) is 29.6 Å². The Kier molecular flexibility index (Phi) is 2.28. The first-order valence-electron chi connectivity index (χ1n) is 5.28. The van der Waals surface area contributed by atoms with Gasteiger partial charge in [-0.2, -0.15) is 0 Å². The van der Waals surface area contributed by atoms with Crippen LogP contribution >= 0.6 is 0 Å². The fourth-order valence-electron chi connectivity index (χ4n) is 2.22. The second kappa shape index (κ2) is 3.29. The molecule has 2 rings (SSSR count). The molecule has 3 heteroatoms. The molecular weight excluding hydrogens is 164 g/mol. The zero-order chi connectivity index (χ0) is 9.42. The molecule has 0 radical (unpaired) electrons. The van der Waals surface area contributed by atoms with Crippen molar-refractivity contribution >= 4 is 5.91 Å². The summed E-state index contributed by atoms with van der Waals surface area (Å²) in [5.74, 6) is 1.09. The normalized spacial score (nSPS) is 38.5. The lowest BCUT2D eigenvalue weighted by molar-refractivity contribution is -0.129. The van der Waals surface area contributed by atoms with Crippen LogP contribution in [0.2, 0.25) is 0 Å². The maximum atomic E-state index is 11.6. The van der Waals surface area contributed by atoms with E-state index in [1.54, 1.807) is 0 Å². The van der Waals surface area contributed by atoms with E-state index in [2.05, 4.69) is 12.2 Å². The van der Waals surface area contributed by atoms with Crippen LogP contribution in [0.1, 0.15) is 33.1 Å². The molecule has 0 aromatic heterocycles. The third kappa shape index (κ3) is 1.57. The van der Waals surface area contributed by atoms with Crippen LogP contribution in [0.3, 0.4) is 0 Å². The third-order valence-electron chi connectivity index (χ3n) is 3.17. The quantitative estimate of drug-likeness (QED) is 0.705. The number of carbonyl (C=O) groups excluding carboxylic acids is 1. The first-order chi connectivity index (χ1) is 6.24. The number of hydrogen-bond acceptors (Lipinski definition) is 2. The molecule has 13 heavy (non-hydrogen) atoms. The molecule has 1 aliphatic heterocycles. The van der Waals surface area contributed by atoms with Gasteiger partial charge in [0.15, 0.2) is 0 Å². The van der Waals surface area contributed by atoms with E-state index in [0.717, 1.165) is 12.6 Å². The summed E-state index contributed by atoms with van der Waals surface area (Å²) in [6.07, 6.45) is 3.75. The fraction of sp³-hybridized carbons (Fsp3) is 0.900. The van der Waals surface area contributed by atoms with Crippen molar-refractivity contribution in [3.05, 3.63) is 0 Å². The average Bonchev–Trinajstić information content (AvgIpc) is 2.77. The molecule has 1 saturated carbocycles. The molecule has 1 heterocycles. The summed E-state index contributed by atoms with van der Waals surface area (Å²) in [4.78, 5) is 13.6. The molecule has 3 nitrogen and oxygen atoms in total. The molecule has 2 aliphatic rings. The van der Waals surface area contributed by atoms with Gasteiger partial charge in [0.2, 0.25) is 5.91 Å². The molecule has 1 saturated heterocycles. The monoisotopic (exact) mass is 182 g/mol. The van der Waals surface area contributed by atoms with Gasteiger partial charge in [-0.3, -0.25) is 10.1 Å². The van der Waals surface area contributed by atoms with Crippen LogP contribution in [0.4, 0.5) is 0 Å². The summed E-state index contributed by atoms with van der Waals surface area (Å²) >= 11 is 0. The molecular formula is C10H18N2O. The molecule has 0 spiro atoms. The number of amides is 1. The maximum Gasteiger partial charge on any atom is 0.240 e. The molecule has 1 aliphatic carbocycles. The smallest absolute Gasteiger partial charge is 0.240 e. The lowest BCUT2D eigenvalue weighted by Crippen LogP contribution is -2.31. The summed E-state index contributed by atoms with van der Waals surface area (Å²) in [5, 5.41) is 3.18. The van der Waals surface area contributed by atoms with E-state index in [1.807, 2.05) is 11.8 Å². The Balaban J connectivity index is 1.87. The van der Waals surface area contributed by atoms with Crippen molar-refractivity contribution in [1.29, 1.82) is 0 Å². The second-order valence-electron chi connectivity index (χ2n) is 4.24.